The molecule has 194 valence electrons. The average Bonchev–Trinajstić information content (AvgIpc) is 3.38. The molecule has 5 fully saturated rings. The first-order valence-corrected chi connectivity index (χ1v) is 14.7. The van der Waals surface area contributed by atoms with Gasteiger partial charge >= 0.3 is 0 Å². The van der Waals surface area contributed by atoms with Crippen LogP contribution in [0.4, 0.5) is 0 Å². The van der Waals surface area contributed by atoms with Gasteiger partial charge in [-0.3, -0.25) is 0 Å². The lowest BCUT2D eigenvalue weighted by Gasteiger charge is -2.56. The number of nitroso groups, excluding NO2 is 1. The Balaban J connectivity index is 1.27. The Morgan fingerprint density at radius 3 is 2.74 bits per heavy atom. The van der Waals surface area contributed by atoms with Crippen molar-refractivity contribution in [2.75, 3.05) is 0 Å². The van der Waals surface area contributed by atoms with Crippen molar-refractivity contribution in [3.05, 3.63) is 28.7 Å². The monoisotopic (exact) mass is 481 g/mol. The Morgan fingerprint density at radius 2 is 2.03 bits per heavy atom. The maximum Gasteiger partial charge on any atom is 0.165 e. The summed E-state index contributed by atoms with van der Waals surface area (Å²) in [5, 5.41) is 3.45. The maximum atomic E-state index is 11.3. The molecule has 0 amide bonds. The topological polar surface area (TPSA) is 47.9 Å². The molecule has 0 aromatic heterocycles. The Morgan fingerprint density at radius 1 is 1.23 bits per heavy atom. The van der Waals surface area contributed by atoms with E-state index in [2.05, 4.69) is 52.5 Å². The van der Waals surface area contributed by atoms with Crippen LogP contribution in [0, 0.1) is 51.2 Å². The van der Waals surface area contributed by atoms with Crippen molar-refractivity contribution in [2.45, 2.75) is 123 Å². The van der Waals surface area contributed by atoms with Gasteiger partial charge in [-0.05, 0) is 93.3 Å². The van der Waals surface area contributed by atoms with Crippen LogP contribution in [0.2, 0.25) is 0 Å². The number of allylic oxidation sites excluding steroid dienone is 2. The minimum atomic E-state index is -0.0595. The predicted molar refractivity (Wildman–Crippen MR) is 140 cm³/mol. The van der Waals surface area contributed by atoms with Crippen LogP contribution < -0.4 is 0 Å². The second kappa shape index (κ2) is 8.25. The summed E-state index contributed by atoms with van der Waals surface area (Å²) < 4.78 is 13.8. The largest absolute Gasteiger partial charge is 0.348 e. The van der Waals surface area contributed by atoms with Crippen molar-refractivity contribution >= 4 is 0 Å². The highest BCUT2D eigenvalue weighted by atomic mass is 16.7. The summed E-state index contributed by atoms with van der Waals surface area (Å²) in [5.74, 6) is 3.61. The van der Waals surface area contributed by atoms with Crippen LogP contribution in [0.1, 0.15) is 98.8 Å². The average molecular weight is 482 g/mol. The van der Waals surface area contributed by atoms with Gasteiger partial charge in [0.05, 0.1) is 17.7 Å². The molecule has 0 N–H and O–H groups in total. The fourth-order valence-electron chi connectivity index (χ4n) is 10.2. The number of fused-ring (bicyclic) bond motifs is 3. The van der Waals surface area contributed by atoms with E-state index in [0.29, 0.717) is 47.0 Å². The molecular weight excluding hydrogens is 434 g/mol. The van der Waals surface area contributed by atoms with Crippen molar-refractivity contribution in [2.24, 2.45) is 51.5 Å². The second-order valence-electron chi connectivity index (χ2n) is 13.9. The number of hydrogen-bond acceptors (Lipinski definition) is 4. The van der Waals surface area contributed by atoms with Crippen molar-refractivity contribution in [1.82, 2.24) is 0 Å². The zero-order chi connectivity index (χ0) is 24.8. The van der Waals surface area contributed by atoms with E-state index < -0.39 is 0 Å². The molecule has 4 aliphatic carbocycles. The van der Waals surface area contributed by atoms with Crippen LogP contribution in [0.25, 0.3) is 0 Å². The predicted octanol–water partition coefficient (Wildman–Crippen LogP) is 7.82. The zero-order valence-corrected chi connectivity index (χ0v) is 22.7. The van der Waals surface area contributed by atoms with Crippen molar-refractivity contribution < 1.29 is 9.47 Å². The lowest BCUT2D eigenvalue weighted by molar-refractivity contribution is -0.178. The van der Waals surface area contributed by atoms with Gasteiger partial charge in [0.2, 0.25) is 0 Å². The third kappa shape index (κ3) is 3.17. The van der Waals surface area contributed by atoms with Crippen LogP contribution in [0.5, 0.6) is 0 Å². The summed E-state index contributed by atoms with van der Waals surface area (Å²) in [5.41, 5.74) is 3.55. The van der Waals surface area contributed by atoms with E-state index in [1.165, 1.54) is 24.8 Å². The molecule has 3 saturated carbocycles. The van der Waals surface area contributed by atoms with E-state index in [0.717, 1.165) is 44.9 Å². The minimum absolute atomic E-state index is 0.0191. The first-order chi connectivity index (χ1) is 16.7. The minimum Gasteiger partial charge on any atom is -0.348 e. The first-order valence-electron chi connectivity index (χ1n) is 14.7. The molecule has 4 heteroatoms. The third-order valence-corrected chi connectivity index (χ3v) is 12.6. The molecule has 35 heavy (non-hydrogen) atoms. The number of rotatable bonds is 7. The van der Waals surface area contributed by atoms with Crippen LogP contribution >= 0.6 is 0 Å². The van der Waals surface area contributed by atoms with E-state index in [1.54, 1.807) is 5.57 Å². The van der Waals surface area contributed by atoms with Gasteiger partial charge in [-0.25, -0.2) is 0 Å². The van der Waals surface area contributed by atoms with Gasteiger partial charge in [0, 0.05) is 17.3 Å². The Labute approximate surface area is 212 Å². The summed E-state index contributed by atoms with van der Waals surface area (Å²) in [4.78, 5) is 11.3. The van der Waals surface area contributed by atoms with Gasteiger partial charge in [0.1, 0.15) is 0 Å². The molecule has 2 aliphatic heterocycles. The third-order valence-electron chi connectivity index (χ3n) is 12.6. The van der Waals surface area contributed by atoms with Gasteiger partial charge in [-0.1, -0.05) is 63.6 Å². The maximum absolute atomic E-state index is 11.3. The van der Waals surface area contributed by atoms with E-state index in [4.69, 9.17) is 9.47 Å². The molecule has 4 nitrogen and oxygen atoms in total. The molecule has 6 rings (SSSR count). The summed E-state index contributed by atoms with van der Waals surface area (Å²) in [6.07, 6.45) is 14.1. The standard InChI is InChI=1S/C31H47NO3/c1-7-30(14-10-19(4)20(5)18(2)3)26-17-25-27-23-9-8-21-16-22(32-33)11-13-29(21,6)24(23)12-15-31(26,27)28(34-25)35-30/h9,18,20-22,24-28H,4,7-8,10-17H2,1-3,5-6H3/t20-,21?,22?,24?,25?,26?,27?,28?,29+,30?,31?/m0/s1. The SMILES string of the molecule is C=C(CCC1(CC)OC2OC3CC1C21CCC2C(=CCC4CC(N=O)CC[C@]42C)C31)[C@@H](C)C(C)C. The molecule has 9 unspecified atom stereocenters. The van der Waals surface area contributed by atoms with Crippen molar-refractivity contribution in [3.63, 3.8) is 0 Å². The van der Waals surface area contributed by atoms with Gasteiger partial charge in [0.15, 0.2) is 6.29 Å². The second-order valence-corrected chi connectivity index (χ2v) is 13.9. The molecule has 2 heterocycles. The lowest BCUT2D eigenvalue weighted by Crippen LogP contribution is -2.51. The quantitative estimate of drug-likeness (QED) is 0.275. The van der Waals surface area contributed by atoms with Crippen LogP contribution in [-0.4, -0.2) is 24.0 Å². The Kier molecular flexibility index (Phi) is 5.74. The highest BCUT2D eigenvalue weighted by molar-refractivity contribution is 5.35. The van der Waals surface area contributed by atoms with E-state index in [-0.39, 0.29) is 23.3 Å². The molecule has 2 bridgehead atoms. The summed E-state index contributed by atoms with van der Waals surface area (Å²) >= 11 is 0. The smallest absolute Gasteiger partial charge is 0.165 e. The van der Waals surface area contributed by atoms with Gasteiger partial charge < -0.3 is 9.47 Å². The van der Waals surface area contributed by atoms with Crippen molar-refractivity contribution in [1.29, 1.82) is 0 Å². The molecule has 0 aromatic rings. The normalized spacial score (nSPS) is 50.3. The Hall–Kier alpha value is -1.00. The van der Waals surface area contributed by atoms with Gasteiger partial charge in [-0.2, -0.15) is 4.91 Å². The molecule has 0 radical (unpaired) electrons. The summed E-state index contributed by atoms with van der Waals surface area (Å²) in [6.45, 7) is 16.3. The zero-order valence-electron chi connectivity index (χ0n) is 22.7. The molecule has 0 aromatic carbocycles. The fourth-order valence-corrected chi connectivity index (χ4v) is 10.2. The van der Waals surface area contributed by atoms with Gasteiger partial charge in [-0.15, -0.1) is 0 Å². The van der Waals surface area contributed by atoms with Crippen LogP contribution in [-0.2, 0) is 9.47 Å². The Bertz CT molecular complexity index is 926. The van der Waals surface area contributed by atoms with E-state index in [1.807, 2.05) is 0 Å². The highest BCUT2D eigenvalue weighted by Crippen LogP contribution is 2.76. The molecule has 6 aliphatic rings. The molecule has 11 atom stereocenters. The first kappa shape index (κ1) is 24.3. The van der Waals surface area contributed by atoms with E-state index in [9.17, 15) is 4.91 Å². The summed E-state index contributed by atoms with van der Waals surface area (Å²) in [7, 11) is 0. The molecule has 2 saturated heterocycles. The summed E-state index contributed by atoms with van der Waals surface area (Å²) in [6, 6.07) is 0.0338. The number of hydrogen-bond donors (Lipinski definition) is 0. The van der Waals surface area contributed by atoms with Crippen LogP contribution in [0.15, 0.2) is 29.0 Å². The molecule has 1 spiro atoms. The lowest BCUT2D eigenvalue weighted by atomic mass is 9.47. The number of ether oxygens (including phenoxy) is 2. The fraction of sp³-hybridized carbons (Fsp3) is 0.871. The number of nitrogens with zero attached hydrogens (tertiary/aromatic N) is 1. The molecular formula is C31H47NO3. The van der Waals surface area contributed by atoms with Crippen LogP contribution in [0.3, 0.4) is 0 Å². The highest BCUT2D eigenvalue weighted by Gasteiger charge is 2.78. The van der Waals surface area contributed by atoms with Crippen molar-refractivity contribution in [3.8, 4) is 0 Å². The van der Waals surface area contributed by atoms with Gasteiger partial charge in [0.25, 0.3) is 0 Å². The van der Waals surface area contributed by atoms with E-state index >= 15 is 0 Å².